The number of hydrogen-bond acceptors (Lipinski definition) is 3. The van der Waals surface area contributed by atoms with Gasteiger partial charge in [-0.2, -0.15) is 0 Å². The second-order valence-electron chi connectivity index (χ2n) is 3.77. The number of aliphatic hydroxyl groups excluding tert-OH is 1. The molecule has 0 amide bonds. The molecule has 0 saturated carbocycles. The Morgan fingerprint density at radius 1 is 1.33 bits per heavy atom. The Hall–Kier alpha value is -0.930. The largest absolute Gasteiger partial charge is 0.395 e. The molecule has 1 aromatic heterocycles. The average Bonchev–Trinajstić information content (AvgIpc) is 2.18. The van der Waals surface area contributed by atoms with Gasteiger partial charge in [-0.05, 0) is 32.0 Å². The molecule has 0 saturated heterocycles. The van der Waals surface area contributed by atoms with Crippen molar-refractivity contribution in [3.05, 3.63) is 29.6 Å². The summed E-state index contributed by atoms with van der Waals surface area (Å²) in [4.78, 5) is 6.68. The summed E-state index contributed by atoms with van der Waals surface area (Å²) in [5.41, 5.74) is 2.13. The van der Waals surface area contributed by atoms with E-state index in [1.54, 1.807) is 0 Å². The highest BCUT2D eigenvalue weighted by molar-refractivity contribution is 5.09. The SMILES string of the molecule is CCCN(CCO)Cc1cccc(C)n1. The van der Waals surface area contributed by atoms with Gasteiger partial charge < -0.3 is 5.11 Å². The monoisotopic (exact) mass is 208 g/mol. The maximum absolute atomic E-state index is 8.93. The Labute approximate surface area is 91.8 Å². The zero-order valence-electron chi connectivity index (χ0n) is 9.61. The van der Waals surface area contributed by atoms with Crippen LogP contribution >= 0.6 is 0 Å². The van der Waals surface area contributed by atoms with Crippen LogP contribution in [0.4, 0.5) is 0 Å². The normalized spacial score (nSPS) is 10.9. The Balaban J connectivity index is 2.56. The molecule has 0 spiro atoms. The third-order valence-electron chi connectivity index (χ3n) is 2.29. The van der Waals surface area contributed by atoms with Gasteiger partial charge in [0.05, 0.1) is 12.3 Å². The molecular formula is C12H20N2O. The number of pyridine rings is 1. The molecule has 0 bridgehead atoms. The summed E-state index contributed by atoms with van der Waals surface area (Å²) >= 11 is 0. The second kappa shape index (κ2) is 6.53. The molecule has 1 rings (SSSR count). The zero-order chi connectivity index (χ0) is 11.1. The molecule has 0 fully saturated rings. The predicted molar refractivity (Wildman–Crippen MR) is 61.6 cm³/mol. The lowest BCUT2D eigenvalue weighted by atomic mass is 10.3. The van der Waals surface area contributed by atoms with Crippen LogP contribution in [0, 0.1) is 6.92 Å². The van der Waals surface area contributed by atoms with Crippen molar-refractivity contribution in [2.24, 2.45) is 0 Å². The summed E-state index contributed by atoms with van der Waals surface area (Å²) in [7, 11) is 0. The van der Waals surface area contributed by atoms with E-state index in [4.69, 9.17) is 5.11 Å². The average molecular weight is 208 g/mol. The predicted octanol–water partition coefficient (Wildman–Crippen LogP) is 1.59. The van der Waals surface area contributed by atoms with Gasteiger partial charge in [-0.15, -0.1) is 0 Å². The molecule has 1 heterocycles. The first-order valence-corrected chi connectivity index (χ1v) is 5.52. The molecule has 15 heavy (non-hydrogen) atoms. The Bertz CT molecular complexity index is 283. The highest BCUT2D eigenvalue weighted by Gasteiger charge is 2.04. The van der Waals surface area contributed by atoms with Crippen LogP contribution in [0.2, 0.25) is 0 Å². The molecule has 0 aliphatic heterocycles. The summed E-state index contributed by atoms with van der Waals surface area (Å²) in [6.45, 7) is 6.93. The van der Waals surface area contributed by atoms with Crippen molar-refractivity contribution in [3.8, 4) is 0 Å². The molecule has 1 aromatic rings. The van der Waals surface area contributed by atoms with Crippen LogP contribution in [0.15, 0.2) is 18.2 Å². The Kier molecular flexibility index (Phi) is 5.29. The minimum absolute atomic E-state index is 0.214. The zero-order valence-corrected chi connectivity index (χ0v) is 9.61. The van der Waals surface area contributed by atoms with E-state index < -0.39 is 0 Å². The highest BCUT2D eigenvalue weighted by atomic mass is 16.3. The first-order chi connectivity index (χ1) is 7.26. The van der Waals surface area contributed by atoms with E-state index in [1.807, 2.05) is 25.1 Å². The van der Waals surface area contributed by atoms with E-state index in [2.05, 4.69) is 16.8 Å². The van der Waals surface area contributed by atoms with Crippen molar-refractivity contribution in [2.75, 3.05) is 19.7 Å². The van der Waals surface area contributed by atoms with Crippen LogP contribution in [-0.4, -0.2) is 34.7 Å². The summed E-state index contributed by atoms with van der Waals surface area (Å²) in [5.74, 6) is 0. The van der Waals surface area contributed by atoms with E-state index in [-0.39, 0.29) is 6.61 Å². The van der Waals surface area contributed by atoms with E-state index in [0.717, 1.165) is 37.4 Å². The van der Waals surface area contributed by atoms with E-state index in [0.29, 0.717) is 0 Å². The number of hydrogen-bond donors (Lipinski definition) is 1. The first-order valence-electron chi connectivity index (χ1n) is 5.52. The number of rotatable bonds is 6. The Morgan fingerprint density at radius 3 is 2.73 bits per heavy atom. The highest BCUT2D eigenvalue weighted by Crippen LogP contribution is 2.03. The van der Waals surface area contributed by atoms with Crippen LogP contribution < -0.4 is 0 Å². The van der Waals surface area contributed by atoms with E-state index >= 15 is 0 Å². The van der Waals surface area contributed by atoms with Gasteiger partial charge in [-0.25, -0.2) is 0 Å². The van der Waals surface area contributed by atoms with Crippen molar-refractivity contribution in [2.45, 2.75) is 26.8 Å². The van der Waals surface area contributed by atoms with Gasteiger partial charge >= 0.3 is 0 Å². The molecule has 3 heteroatoms. The molecule has 0 aliphatic carbocycles. The van der Waals surface area contributed by atoms with Gasteiger partial charge in [0.15, 0.2) is 0 Å². The molecule has 84 valence electrons. The number of aryl methyl sites for hydroxylation is 1. The van der Waals surface area contributed by atoms with Gasteiger partial charge in [0, 0.05) is 18.8 Å². The quantitative estimate of drug-likeness (QED) is 0.771. The molecule has 1 N–H and O–H groups in total. The molecule has 0 aliphatic rings. The minimum Gasteiger partial charge on any atom is -0.395 e. The van der Waals surface area contributed by atoms with Crippen LogP contribution in [0.3, 0.4) is 0 Å². The van der Waals surface area contributed by atoms with Crippen LogP contribution in [-0.2, 0) is 6.54 Å². The van der Waals surface area contributed by atoms with Crippen molar-refractivity contribution < 1.29 is 5.11 Å². The fourth-order valence-corrected chi connectivity index (χ4v) is 1.64. The van der Waals surface area contributed by atoms with E-state index in [9.17, 15) is 0 Å². The summed E-state index contributed by atoms with van der Waals surface area (Å²) in [5, 5.41) is 8.93. The lowest BCUT2D eigenvalue weighted by Crippen LogP contribution is -2.27. The van der Waals surface area contributed by atoms with Crippen LogP contribution in [0.5, 0.6) is 0 Å². The molecular weight excluding hydrogens is 188 g/mol. The van der Waals surface area contributed by atoms with Crippen molar-refractivity contribution >= 4 is 0 Å². The molecule has 0 atom stereocenters. The van der Waals surface area contributed by atoms with Crippen LogP contribution in [0.25, 0.3) is 0 Å². The van der Waals surface area contributed by atoms with Gasteiger partial charge in [0.2, 0.25) is 0 Å². The fourth-order valence-electron chi connectivity index (χ4n) is 1.64. The van der Waals surface area contributed by atoms with Gasteiger partial charge in [0.1, 0.15) is 0 Å². The smallest absolute Gasteiger partial charge is 0.0558 e. The van der Waals surface area contributed by atoms with Crippen LogP contribution in [0.1, 0.15) is 24.7 Å². The lowest BCUT2D eigenvalue weighted by Gasteiger charge is -2.19. The van der Waals surface area contributed by atoms with Crippen molar-refractivity contribution in [1.82, 2.24) is 9.88 Å². The minimum atomic E-state index is 0.214. The molecule has 0 unspecified atom stereocenters. The van der Waals surface area contributed by atoms with Gasteiger partial charge in [-0.3, -0.25) is 9.88 Å². The number of aliphatic hydroxyl groups is 1. The third kappa shape index (κ3) is 4.40. The summed E-state index contributed by atoms with van der Waals surface area (Å²) in [6.07, 6.45) is 1.10. The second-order valence-corrected chi connectivity index (χ2v) is 3.77. The summed E-state index contributed by atoms with van der Waals surface area (Å²) in [6, 6.07) is 6.06. The molecule has 3 nitrogen and oxygen atoms in total. The fraction of sp³-hybridized carbons (Fsp3) is 0.583. The molecule has 0 aromatic carbocycles. The first kappa shape index (κ1) is 12.1. The maximum Gasteiger partial charge on any atom is 0.0558 e. The number of nitrogens with zero attached hydrogens (tertiary/aromatic N) is 2. The topological polar surface area (TPSA) is 36.4 Å². The van der Waals surface area contributed by atoms with Gasteiger partial charge in [0.25, 0.3) is 0 Å². The van der Waals surface area contributed by atoms with Crippen molar-refractivity contribution in [3.63, 3.8) is 0 Å². The lowest BCUT2D eigenvalue weighted by molar-refractivity contribution is 0.189. The Morgan fingerprint density at radius 2 is 2.13 bits per heavy atom. The molecule has 0 radical (unpaired) electrons. The number of aromatic nitrogens is 1. The summed E-state index contributed by atoms with van der Waals surface area (Å²) < 4.78 is 0. The van der Waals surface area contributed by atoms with Crippen molar-refractivity contribution in [1.29, 1.82) is 0 Å². The van der Waals surface area contributed by atoms with E-state index in [1.165, 1.54) is 0 Å². The maximum atomic E-state index is 8.93. The standard InChI is InChI=1S/C12H20N2O/c1-3-7-14(8-9-15)10-12-6-4-5-11(2)13-12/h4-6,15H,3,7-10H2,1-2H3. The van der Waals surface area contributed by atoms with Gasteiger partial charge in [-0.1, -0.05) is 13.0 Å². The third-order valence-corrected chi connectivity index (χ3v) is 2.29.